The minimum atomic E-state index is -1.73. The topological polar surface area (TPSA) is 27.7 Å². The number of hydrogen-bond donors (Lipinski definition) is 0. The van der Waals surface area contributed by atoms with Gasteiger partial charge in [-0.3, -0.25) is 0 Å². The van der Waals surface area contributed by atoms with Gasteiger partial charge >= 0.3 is 44.7 Å². The fraction of sp³-hybridized carbons (Fsp3) is 1.00. The minimum absolute atomic E-state index is 0. The molecule has 0 fully saturated rings. The maximum absolute atomic E-state index is 5.22. The van der Waals surface area contributed by atoms with Gasteiger partial charge in [-0.2, -0.15) is 0 Å². The molecule has 0 radical (unpaired) electrons. The van der Waals surface area contributed by atoms with E-state index in [0.29, 0.717) is 19.8 Å². The first kappa shape index (κ1) is 14.9. The summed E-state index contributed by atoms with van der Waals surface area (Å²) in [4.78, 5) is 0. The Morgan fingerprint density at radius 2 is 1.18 bits per heavy atom. The zero-order chi connectivity index (χ0) is 7.82. The third-order valence-electron chi connectivity index (χ3n) is 0.908. The van der Waals surface area contributed by atoms with Crippen LogP contribution in [0.3, 0.4) is 0 Å². The van der Waals surface area contributed by atoms with Crippen molar-refractivity contribution in [1.82, 2.24) is 0 Å². The van der Waals surface area contributed by atoms with E-state index in [2.05, 4.69) is 0 Å². The predicted octanol–water partition coefficient (Wildman–Crippen LogP) is -1.80. The molecule has 11 heavy (non-hydrogen) atoms. The summed E-state index contributed by atoms with van der Waals surface area (Å²) in [5, 5.41) is 0. The van der Waals surface area contributed by atoms with Gasteiger partial charge in [0.2, 0.25) is 0 Å². The molecule has 0 heterocycles. The standard InChI is InChI=1S/3C2H5O.Al.Na.H/c3*1-2-3;;;/h3*2H2,1H3;;;/q3*-1;+3;+1;-1. The maximum Gasteiger partial charge on any atom is 1.00 e. The second-order valence-corrected chi connectivity index (χ2v) is 3.23. The molecule has 0 atom stereocenters. The van der Waals surface area contributed by atoms with Crippen LogP contribution in [0.4, 0.5) is 0 Å². The molecule has 0 aliphatic rings. The van der Waals surface area contributed by atoms with Crippen molar-refractivity contribution in [3.05, 3.63) is 0 Å². The van der Waals surface area contributed by atoms with E-state index in [9.17, 15) is 0 Å². The van der Waals surface area contributed by atoms with Gasteiger partial charge in [-0.25, -0.2) is 0 Å². The zero-order valence-corrected chi connectivity index (χ0v) is 11.1. The monoisotopic (exact) mass is 186 g/mol. The summed E-state index contributed by atoms with van der Waals surface area (Å²) in [6, 6.07) is 0. The van der Waals surface area contributed by atoms with Gasteiger partial charge in [0.15, 0.2) is 0 Å². The average molecular weight is 186 g/mol. The van der Waals surface area contributed by atoms with Gasteiger partial charge in [0.1, 0.15) is 0 Å². The quantitative estimate of drug-likeness (QED) is 0.458. The predicted molar refractivity (Wildman–Crippen MR) is 41.7 cm³/mol. The molecule has 0 unspecified atom stereocenters. The van der Waals surface area contributed by atoms with Gasteiger partial charge in [-0.05, 0) is 20.8 Å². The molecule has 0 aromatic carbocycles. The van der Waals surface area contributed by atoms with Crippen LogP contribution in [0.2, 0.25) is 0 Å². The first-order valence-electron chi connectivity index (χ1n) is 3.69. The van der Waals surface area contributed by atoms with Crippen molar-refractivity contribution >= 4 is 15.1 Å². The Hall–Kier alpha value is 1.41. The Morgan fingerprint density at radius 1 is 0.909 bits per heavy atom. The molecule has 0 N–H and O–H groups in total. The smallest absolute Gasteiger partial charge is 1.00 e. The van der Waals surface area contributed by atoms with E-state index in [1.807, 2.05) is 20.8 Å². The molecule has 0 aromatic heterocycles. The van der Waals surface area contributed by atoms with E-state index in [0.717, 1.165) is 0 Å². The van der Waals surface area contributed by atoms with Crippen molar-refractivity contribution in [2.45, 2.75) is 20.8 Å². The molecule has 3 nitrogen and oxygen atoms in total. The molecule has 0 saturated carbocycles. The van der Waals surface area contributed by atoms with Gasteiger partial charge in [-0.15, -0.1) is 0 Å². The summed E-state index contributed by atoms with van der Waals surface area (Å²) < 4.78 is 15.7. The van der Waals surface area contributed by atoms with Crippen molar-refractivity contribution in [3.8, 4) is 0 Å². The van der Waals surface area contributed by atoms with Gasteiger partial charge in [-0.1, -0.05) is 0 Å². The molecule has 0 aliphatic carbocycles. The van der Waals surface area contributed by atoms with Crippen LogP contribution in [-0.4, -0.2) is 35.0 Å². The van der Waals surface area contributed by atoms with Crippen molar-refractivity contribution in [2.24, 2.45) is 0 Å². The van der Waals surface area contributed by atoms with E-state index in [1.54, 1.807) is 0 Å². The molecule has 0 rings (SSSR count). The fourth-order valence-corrected chi connectivity index (χ4v) is 1.66. The Balaban J connectivity index is -0.000000405. The van der Waals surface area contributed by atoms with E-state index in [4.69, 9.17) is 11.4 Å². The summed E-state index contributed by atoms with van der Waals surface area (Å²) in [7, 11) is 0. The molecule has 0 aromatic rings. The molecule has 0 aliphatic heterocycles. The molecule has 0 amide bonds. The van der Waals surface area contributed by atoms with E-state index in [1.165, 1.54) is 0 Å². The van der Waals surface area contributed by atoms with E-state index in [-0.39, 0.29) is 31.0 Å². The summed E-state index contributed by atoms with van der Waals surface area (Å²) >= 11 is -1.73. The number of hydrogen-bond acceptors (Lipinski definition) is 3. The van der Waals surface area contributed by atoms with Crippen LogP contribution in [0.15, 0.2) is 0 Å². The SMILES string of the molecule is CC[O][Al]([O]CC)[O]CC.[H-].[Na+]. The van der Waals surface area contributed by atoms with Crippen LogP contribution in [0.25, 0.3) is 0 Å². The summed E-state index contributed by atoms with van der Waals surface area (Å²) in [5.41, 5.74) is 0. The van der Waals surface area contributed by atoms with Crippen LogP contribution in [0, 0.1) is 0 Å². The minimum Gasteiger partial charge on any atom is -1.00 e. The normalized spacial score (nSPS) is 9.00. The largest absolute Gasteiger partial charge is 1.00 e. The first-order chi connectivity index (χ1) is 4.85. The Kier molecular flexibility index (Phi) is 15.5. The van der Waals surface area contributed by atoms with Gasteiger partial charge < -0.3 is 12.8 Å². The summed E-state index contributed by atoms with van der Waals surface area (Å²) in [6.45, 7) is 7.86. The first-order valence-corrected chi connectivity index (χ1v) is 5.11. The van der Waals surface area contributed by atoms with Crippen molar-refractivity contribution in [2.75, 3.05) is 19.8 Å². The Labute approximate surface area is 97.6 Å². The maximum atomic E-state index is 5.22. The molecular formula is C6H16AlNaO3. The average Bonchev–Trinajstić information content (AvgIpc) is 1.90. The molecule has 5 heteroatoms. The van der Waals surface area contributed by atoms with Crippen molar-refractivity contribution < 1.29 is 42.3 Å². The fourth-order valence-electron chi connectivity index (χ4n) is 0.553. The molecule has 62 valence electrons. The second-order valence-electron chi connectivity index (χ2n) is 1.65. The van der Waals surface area contributed by atoms with Crippen LogP contribution < -0.4 is 29.6 Å². The Morgan fingerprint density at radius 3 is 1.36 bits per heavy atom. The van der Waals surface area contributed by atoms with E-state index < -0.39 is 15.1 Å². The molecule has 0 saturated heterocycles. The summed E-state index contributed by atoms with van der Waals surface area (Å²) in [5.74, 6) is 0. The molecule has 0 spiro atoms. The van der Waals surface area contributed by atoms with Gasteiger partial charge in [0.05, 0.1) is 0 Å². The third kappa shape index (κ3) is 9.33. The van der Waals surface area contributed by atoms with Crippen LogP contribution in [0.5, 0.6) is 0 Å². The van der Waals surface area contributed by atoms with E-state index >= 15 is 0 Å². The molecular weight excluding hydrogens is 170 g/mol. The summed E-state index contributed by atoms with van der Waals surface area (Å²) in [6.07, 6.45) is 0. The van der Waals surface area contributed by atoms with Crippen LogP contribution in [-0.2, 0) is 11.4 Å². The van der Waals surface area contributed by atoms with Gasteiger partial charge in [0, 0.05) is 19.8 Å². The second kappa shape index (κ2) is 11.4. The van der Waals surface area contributed by atoms with Gasteiger partial charge in [0.25, 0.3) is 0 Å². The zero-order valence-electron chi connectivity index (χ0n) is 8.92. The van der Waals surface area contributed by atoms with Crippen molar-refractivity contribution in [3.63, 3.8) is 0 Å². The Bertz CT molecular complexity index is 65.5. The van der Waals surface area contributed by atoms with Crippen molar-refractivity contribution in [1.29, 1.82) is 0 Å². The molecule has 0 bridgehead atoms. The third-order valence-corrected chi connectivity index (χ3v) is 2.72. The number of rotatable bonds is 6. The van der Waals surface area contributed by atoms with Crippen LogP contribution in [0.1, 0.15) is 22.2 Å². The van der Waals surface area contributed by atoms with Crippen LogP contribution >= 0.6 is 0 Å².